The van der Waals surface area contributed by atoms with Gasteiger partial charge in [-0.15, -0.1) is 0 Å². The number of carbonyl (C=O) groups is 1. The lowest BCUT2D eigenvalue weighted by molar-refractivity contribution is -0.138. The number of hydrogen-bond donors (Lipinski definition) is 2. The summed E-state index contributed by atoms with van der Waals surface area (Å²) in [5, 5.41) is 19.5. The Morgan fingerprint density at radius 2 is 1.64 bits per heavy atom. The molecule has 0 bridgehead atoms. The summed E-state index contributed by atoms with van der Waals surface area (Å²) >= 11 is 0. The molecule has 0 aliphatic carbocycles. The molecule has 5 heteroatoms. The third-order valence-electron chi connectivity index (χ3n) is 3.53. The van der Waals surface area contributed by atoms with Gasteiger partial charge in [0, 0.05) is 6.07 Å². The van der Waals surface area contributed by atoms with Gasteiger partial charge in [-0.3, -0.25) is 4.79 Å². The van der Waals surface area contributed by atoms with Crippen LogP contribution in [0.3, 0.4) is 0 Å². The molecule has 0 saturated carbocycles. The fourth-order valence-electron chi connectivity index (χ4n) is 2.25. The van der Waals surface area contributed by atoms with Crippen molar-refractivity contribution in [1.29, 1.82) is 0 Å². The molecular formula is C17H18O5. The van der Waals surface area contributed by atoms with Gasteiger partial charge in [-0.25, -0.2) is 0 Å². The first kappa shape index (κ1) is 15.7. The highest BCUT2D eigenvalue weighted by Crippen LogP contribution is 2.30. The molecule has 2 rings (SSSR count). The number of hydrogen-bond acceptors (Lipinski definition) is 4. The van der Waals surface area contributed by atoms with Crippen molar-refractivity contribution in [3.63, 3.8) is 0 Å². The standard InChI is InChI=1S/C17H18O5/c1-21-13-6-3-11(4-7-13)15(17(19)20)9-12-5-8-14(22-2)10-16(12)18/h3-8,10,15,18H,9H2,1-2H3,(H,19,20). The molecule has 1 atom stereocenters. The van der Waals surface area contributed by atoms with Crippen LogP contribution in [-0.4, -0.2) is 30.4 Å². The second kappa shape index (κ2) is 6.85. The first-order valence-corrected chi connectivity index (χ1v) is 6.77. The normalized spacial score (nSPS) is 11.7. The summed E-state index contributed by atoms with van der Waals surface area (Å²) in [6.07, 6.45) is 0.192. The SMILES string of the molecule is COc1ccc(C(Cc2ccc(OC)cc2O)C(=O)O)cc1. The van der Waals surface area contributed by atoms with Crippen LogP contribution in [0.5, 0.6) is 17.2 Å². The van der Waals surface area contributed by atoms with Gasteiger partial charge in [0.2, 0.25) is 0 Å². The van der Waals surface area contributed by atoms with Gasteiger partial charge in [0.1, 0.15) is 17.2 Å². The molecule has 0 spiro atoms. The molecular weight excluding hydrogens is 284 g/mol. The van der Waals surface area contributed by atoms with Gasteiger partial charge in [-0.1, -0.05) is 18.2 Å². The summed E-state index contributed by atoms with van der Waals surface area (Å²) in [5.74, 6) is -0.470. The van der Waals surface area contributed by atoms with Crippen LogP contribution in [0.2, 0.25) is 0 Å². The number of benzene rings is 2. The number of methoxy groups -OCH3 is 2. The van der Waals surface area contributed by atoms with Crippen LogP contribution in [0.25, 0.3) is 0 Å². The molecule has 0 aliphatic heterocycles. The Balaban J connectivity index is 2.27. The van der Waals surface area contributed by atoms with Crippen LogP contribution in [0.15, 0.2) is 42.5 Å². The average molecular weight is 302 g/mol. The van der Waals surface area contributed by atoms with E-state index in [1.807, 2.05) is 0 Å². The summed E-state index contributed by atoms with van der Waals surface area (Å²) in [4.78, 5) is 11.6. The summed E-state index contributed by atoms with van der Waals surface area (Å²) in [6.45, 7) is 0. The van der Waals surface area contributed by atoms with Crippen LogP contribution in [0, 0.1) is 0 Å². The van der Waals surface area contributed by atoms with Crippen LogP contribution >= 0.6 is 0 Å². The second-order valence-corrected chi connectivity index (χ2v) is 4.86. The molecule has 0 heterocycles. The van der Waals surface area contributed by atoms with Crippen LogP contribution in [0.1, 0.15) is 17.0 Å². The highest BCUT2D eigenvalue weighted by Gasteiger charge is 2.22. The zero-order chi connectivity index (χ0) is 16.1. The van der Waals surface area contributed by atoms with Crippen LogP contribution in [0.4, 0.5) is 0 Å². The Hall–Kier alpha value is -2.69. The van der Waals surface area contributed by atoms with E-state index < -0.39 is 11.9 Å². The first-order valence-electron chi connectivity index (χ1n) is 6.77. The number of phenols is 1. The smallest absolute Gasteiger partial charge is 0.311 e. The van der Waals surface area contributed by atoms with E-state index in [2.05, 4.69) is 0 Å². The topological polar surface area (TPSA) is 76.0 Å². The van der Waals surface area contributed by atoms with Gasteiger partial charge < -0.3 is 19.7 Å². The predicted octanol–water partition coefficient (Wildman–Crippen LogP) is 2.82. The Kier molecular flexibility index (Phi) is 4.88. The summed E-state index contributed by atoms with van der Waals surface area (Å²) < 4.78 is 10.1. The molecule has 1 unspecified atom stereocenters. The zero-order valence-electron chi connectivity index (χ0n) is 12.4. The van der Waals surface area contributed by atoms with E-state index in [4.69, 9.17) is 9.47 Å². The Morgan fingerprint density at radius 3 is 2.14 bits per heavy atom. The molecule has 2 aromatic carbocycles. The van der Waals surface area contributed by atoms with Crippen molar-refractivity contribution in [2.24, 2.45) is 0 Å². The molecule has 0 amide bonds. The number of aromatic hydroxyl groups is 1. The van der Waals surface area contributed by atoms with E-state index in [1.165, 1.54) is 13.2 Å². The lowest BCUT2D eigenvalue weighted by Gasteiger charge is -2.15. The minimum absolute atomic E-state index is 0.0270. The highest BCUT2D eigenvalue weighted by molar-refractivity contribution is 5.76. The molecule has 0 radical (unpaired) electrons. The lowest BCUT2D eigenvalue weighted by atomic mass is 9.91. The molecule has 0 aromatic heterocycles. The van der Waals surface area contributed by atoms with Crippen molar-refractivity contribution in [1.82, 2.24) is 0 Å². The zero-order valence-corrected chi connectivity index (χ0v) is 12.4. The maximum atomic E-state index is 11.6. The van der Waals surface area contributed by atoms with Crippen molar-refractivity contribution in [3.8, 4) is 17.2 Å². The van der Waals surface area contributed by atoms with Crippen molar-refractivity contribution >= 4 is 5.97 Å². The molecule has 0 aliphatic rings. The Bertz CT molecular complexity index is 649. The molecule has 2 N–H and O–H groups in total. The fourth-order valence-corrected chi connectivity index (χ4v) is 2.25. The number of rotatable bonds is 6. The van der Waals surface area contributed by atoms with Crippen LogP contribution < -0.4 is 9.47 Å². The third-order valence-corrected chi connectivity index (χ3v) is 3.53. The second-order valence-electron chi connectivity index (χ2n) is 4.86. The van der Waals surface area contributed by atoms with E-state index in [9.17, 15) is 15.0 Å². The third kappa shape index (κ3) is 3.49. The lowest BCUT2D eigenvalue weighted by Crippen LogP contribution is -2.14. The number of phenolic OH excluding ortho intramolecular Hbond substituents is 1. The minimum atomic E-state index is -0.944. The number of carboxylic acid groups (broad SMARTS) is 1. The summed E-state index contributed by atoms with van der Waals surface area (Å²) in [6, 6.07) is 11.7. The molecule has 0 fully saturated rings. The molecule has 22 heavy (non-hydrogen) atoms. The largest absolute Gasteiger partial charge is 0.508 e. The molecule has 5 nitrogen and oxygen atoms in total. The Morgan fingerprint density at radius 1 is 1.05 bits per heavy atom. The van der Waals surface area contributed by atoms with Gasteiger partial charge in [0.25, 0.3) is 0 Å². The van der Waals surface area contributed by atoms with Gasteiger partial charge in [0.15, 0.2) is 0 Å². The molecule has 2 aromatic rings. The monoisotopic (exact) mass is 302 g/mol. The quantitative estimate of drug-likeness (QED) is 0.858. The van der Waals surface area contributed by atoms with E-state index >= 15 is 0 Å². The van der Waals surface area contributed by atoms with E-state index in [-0.39, 0.29) is 12.2 Å². The highest BCUT2D eigenvalue weighted by atomic mass is 16.5. The summed E-state index contributed by atoms with van der Waals surface area (Å²) in [5.41, 5.74) is 1.22. The van der Waals surface area contributed by atoms with Gasteiger partial charge in [0.05, 0.1) is 20.1 Å². The number of ether oxygens (including phenoxy) is 2. The van der Waals surface area contributed by atoms with Crippen molar-refractivity contribution in [2.45, 2.75) is 12.3 Å². The minimum Gasteiger partial charge on any atom is -0.508 e. The average Bonchev–Trinajstić information content (AvgIpc) is 2.53. The van der Waals surface area contributed by atoms with Gasteiger partial charge in [-0.05, 0) is 35.7 Å². The first-order chi connectivity index (χ1) is 10.5. The maximum absolute atomic E-state index is 11.6. The van der Waals surface area contributed by atoms with Gasteiger partial charge in [-0.2, -0.15) is 0 Å². The fraction of sp³-hybridized carbons (Fsp3) is 0.235. The summed E-state index contributed by atoms with van der Waals surface area (Å²) in [7, 11) is 3.06. The number of carboxylic acids is 1. The van der Waals surface area contributed by atoms with Gasteiger partial charge >= 0.3 is 5.97 Å². The maximum Gasteiger partial charge on any atom is 0.311 e. The predicted molar refractivity (Wildman–Crippen MR) is 81.7 cm³/mol. The number of aliphatic carboxylic acids is 1. The van der Waals surface area contributed by atoms with Crippen molar-refractivity contribution < 1.29 is 24.5 Å². The molecule has 116 valence electrons. The molecule has 0 saturated heterocycles. The van der Waals surface area contributed by atoms with Crippen LogP contribution in [-0.2, 0) is 11.2 Å². The Labute approximate surface area is 128 Å². The van der Waals surface area contributed by atoms with Crippen molar-refractivity contribution in [2.75, 3.05) is 14.2 Å². The van der Waals surface area contributed by atoms with E-state index in [0.29, 0.717) is 22.6 Å². The van der Waals surface area contributed by atoms with E-state index in [0.717, 1.165) is 0 Å². The van der Waals surface area contributed by atoms with E-state index in [1.54, 1.807) is 43.5 Å². The van der Waals surface area contributed by atoms with Crippen molar-refractivity contribution in [3.05, 3.63) is 53.6 Å².